The first-order valence-electron chi connectivity index (χ1n) is 15.7. The van der Waals surface area contributed by atoms with Gasteiger partial charge in [-0.3, -0.25) is 25.2 Å². The zero-order valence-corrected chi connectivity index (χ0v) is 24.4. The highest BCUT2D eigenvalue weighted by Crippen LogP contribution is 2.63. The quantitative estimate of drug-likeness (QED) is 0.477. The topological polar surface area (TPSA) is 91.8 Å². The van der Waals surface area contributed by atoms with Crippen molar-refractivity contribution in [3.8, 4) is 0 Å². The number of rotatable bonds is 6. The lowest BCUT2D eigenvalue weighted by atomic mass is 9.59. The molecule has 3 unspecified atom stereocenters. The maximum absolute atomic E-state index is 7.36. The predicted octanol–water partition coefficient (Wildman–Crippen LogP) is 3.05. The molecule has 4 aliphatic rings. The van der Waals surface area contributed by atoms with Gasteiger partial charge in [0.25, 0.3) is 0 Å². The Hall–Kier alpha value is -2.86. The number of nitrogens with zero attached hydrogens (tertiary/aromatic N) is 7. The Morgan fingerprint density at radius 2 is 1.33 bits per heavy atom. The molecule has 0 aliphatic carbocycles. The van der Waals surface area contributed by atoms with Crippen LogP contribution in [0, 0.1) is 0 Å². The highest BCUT2D eigenvalue weighted by molar-refractivity contribution is 5.40. The fourth-order valence-corrected chi connectivity index (χ4v) is 8.18. The molecule has 0 saturated carbocycles. The molecule has 0 amide bonds. The van der Waals surface area contributed by atoms with Crippen LogP contribution in [0.15, 0.2) is 67.3 Å². The van der Waals surface area contributed by atoms with Crippen LogP contribution >= 0.6 is 0 Å². The molecule has 4 aliphatic heterocycles. The van der Waals surface area contributed by atoms with E-state index in [1.807, 2.05) is 43.0 Å². The molecule has 10 heteroatoms. The molecule has 10 nitrogen and oxygen atoms in total. The van der Waals surface area contributed by atoms with E-state index in [1.165, 1.54) is 0 Å². The van der Waals surface area contributed by atoms with E-state index in [1.54, 1.807) is 0 Å². The molecule has 42 heavy (non-hydrogen) atoms. The van der Waals surface area contributed by atoms with E-state index in [0.29, 0.717) is 25.6 Å². The molecule has 3 aromatic rings. The van der Waals surface area contributed by atoms with Crippen LogP contribution in [0.1, 0.15) is 55.7 Å². The van der Waals surface area contributed by atoms with Crippen LogP contribution < -0.4 is 5.43 Å². The van der Waals surface area contributed by atoms with Gasteiger partial charge in [-0.15, -0.1) is 0 Å². The molecule has 4 fully saturated rings. The Morgan fingerprint density at radius 3 is 2.05 bits per heavy atom. The third kappa shape index (κ3) is 4.23. The number of hydrogen-bond acceptors (Lipinski definition) is 10. The monoisotopic (exact) mass is 570 g/mol. The number of pyridine rings is 2. The van der Waals surface area contributed by atoms with Crippen LogP contribution in [0.3, 0.4) is 0 Å². The van der Waals surface area contributed by atoms with E-state index in [2.05, 4.69) is 44.5 Å². The fourth-order valence-electron chi connectivity index (χ4n) is 8.18. The maximum atomic E-state index is 7.36. The summed E-state index contributed by atoms with van der Waals surface area (Å²) in [7, 11) is 0. The minimum atomic E-state index is -1.05. The van der Waals surface area contributed by atoms with Crippen LogP contribution in [0.4, 0.5) is 0 Å². The first-order valence-corrected chi connectivity index (χ1v) is 15.7. The Morgan fingerprint density at radius 1 is 0.643 bits per heavy atom. The average Bonchev–Trinajstić information content (AvgIpc) is 3.49. The molecule has 0 spiro atoms. The van der Waals surface area contributed by atoms with Crippen LogP contribution in [-0.2, 0) is 26.3 Å². The van der Waals surface area contributed by atoms with Gasteiger partial charge >= 0.3 is 0 Å². The van der Waals surface area contributed by atoms with E-state index in [0.717, 1.165) is 89.2 Å². The molecule has 3 aromatic heterocycles. The lowest BCUT2D eigenvalue weighted by molar-refractivity contribution is -0.337. The highest BCUT2D eigenvalue weighted by Gasteiger charge is 2.77. The van der Waals surface area contributed by atoms with Crippen molar-refractivity contribution >= 4 is 0 Å². The zero-order chi connectivity index (χ0) is 28.3. The molecule has 0 aromatic carbocycles. The number of likely N-dealkylation sites (tertiary alicyclic amines) is 1. The second-order valence-corrected chi connectivity index (χ2v) is 11.7. The molecular formula is C32H42N8O2. The third-order valence-corrected chi connectivity index (χ3v) is 9.73. The van der Waals surface area contributed by atoms with E-state index in [4.69, 9.17) is 29.4 Å². The summed E-state index contributed by atoms with van der Waals surface area (Å²) < 4.78 is 13.3. The largest absolute Gasteiger partial charge is 0.379 e. The van der Waals surface area contributed by atoms with Crippen molar-refractivity contribution in [2.24, 2.45) is 0 Å². The van der Waals surface area contributed by atoms with Crippen molar-refractivity contribution in [3.63, 3.8) is 0 Å². The molecule has 0 radical (unpaired) electrons. The summed E-state index contributed by atoms with van der Waals surface area (Å²) in [5, 5.41) is 2.49. The van der Waals surface area contributed by atoms with Gasteiger partial charge in [-0.25, -0.2) is 15.0 Å². The fraction of sp³-hybridized carbons (Fsp3) is 0.562. The Labute approximate surface area is 248 Å². The van der Waals surface area contributed by atoms with Crippen LogP contribution in [0.25, 0.3) is 0 Å². The number of aromatic nitrogens is 4. The molecule has 0 bridgehead atoms. The Balaban J connectivity index is 1.65. The number of hydrogen-bond donors (Lipinski definition) is 1. The predicted molar refractivity (Wildman–Crippen MR) is 158 cm³/mol. The minimum Gasteiger partial charge on any atom is -0.379 e. The summed E-state index contributed by atoms with van der Waals surface area (Å²) in [6, 6.07) is 14.5. The Kier molecular flexibility index (Phi) is 8.00. The summed E-state index contributed by atoms with van der Waals surface area (Å²) in [6.45, 7) is 6.92. The zero-order valence-electron chi connectivity index (χ0n) is 24.4. The average molecular weight is 571 g/mol. The lowest BCUT2D eigenvalue weighted by Gasteiger charge is -2.68. The standard InChI is InChI=1S/C32H42N8O2/c1-4-18-37-40(21-7-1)31(28-12-3-6-15-34-28)30(27-11-2-5-14-33-27,38-22-25-41-26-23-38)13-24-42-32(31,39-19-8-9-20-39)29-35-16-10-17-36-29/h2-3,5-6,10-12,14-17,37H,1,4,7-9,13,18-26H2. The van der Waals surface area contributed by atoms with Crippen molar-refractivity contribution in [2.75, 3.05) is 59.1 Å². The second kappa shape index (κ2) is 12.0. The second-order valence-electron chi connectivity index (χ2n) is 11.7. The first-order chi connectivity index (χ1) is 20.8. The maximum Gasteiger partial charge on any atom is 0.210 e. The Bertz CT molecular complexity index is 1280. The number of hydrazine groups is 1. The highest BCUT2D eigenvalue weighted by atomic mass is 16.5. The minimum absolute atomic E-state index is 0.533. The SMILES string of the molecule is c1ccc(C2(N3CCOCC3)CCOC(c3ncccn3)(N3CCCC3)C2(c2ccccn2)N2CCCCCN2)nc1. The van der Waals surface area contributed by atoms with Crippen molar-refractivity contribution in [3.05, 3.63) is 84.5 Å². The van der Waals surface area contributed by atoms with Crippen molar-refractivity contribution in [1.29, 1.82) is 0 Å². The van der Waals surface area contributed by atoms with Crippen LogP contribution in [-0.4, -0.2) is 93.8 Å². The van der Waals surface area contributed by atoms with Crippen LogP contribution in [0.2, 0.25) is 0 Å². The van der Waals surface area contributed by atoms with Gasteiger partial charge in [0.1, 0.15) is 0 Å². The van der Waals surface area contributed by atoms with Gasteiger partial charge in [0.15, 0.2) is 11.4 Å². The summed E-state index contributed by atoms with van der Waals surface area (Å²) in [6.07, 6.45) is 13.8. The molecule has 222 valence electrons. The van der Waals surface area contributed by atoms with Gasteiger partial charge < -0.3 is 9.47 Å². The molecular weight excluding hydrogens is 528 g/mol. The summed E-state index contributed by atoms with van der Waals surface area (Å²) >= 11 is 0. The summed E-state index contributed by atoms with van der Waals surface area (Å²) in [4.78, 5) is 25.7. The van der Waals surface area contributed by atoms with Crippen LogP contribution in [0.5, 0.6) is 0 Å². The van der Waals surface area contributed by atoms with E-state index in [9.17, 15) is 0 Å². The van der Waals surface area contributed by atoms with Crippen molar-refractivity contribution < 1.29 is 9.47 Å². The number of ether oxygens (including phenoxy) is 2. The molecule has 1 N–H and O–H groups in total. The van der Waals surface area contributed by atoms with E-state index < -0.39 is 16.8 Å². The normalized spacial score (nSPS) is 32.0. The van der Waals surface area contributed by atoms with Crippen molar-refractivity contribution in [1.82, 2.24) is 40.2 Å². The lowest BCUT2D eigenvalue weighted by Crippen LogP contribution is -2.83. The van der Waals surface area contributed by atoms with E-state index >= 15 is 0 Å². The first kappa shape index (κ1) is 27.9. The van der Waals surface area contributed by atoms with Gasteiger partial charge in [-0.1, -0.05) is 18.6 Å². The summed E-state index contributed by atoms with van der Waals surface area (Å²) in [5.74, 6) is 0.678. The van der Waals surface area contributed by atoms with E-state index in [-0.39, 0.29) is 0 Å². The molecule has 3 atom stereocenters. The molecule has 4 saturated heterocycles. The van der Waals surface area contributed by atoms with Gasteiger partial charge in [0, 0.05) is 64.1 Å². The van der Waals surface area contributed by atoms with Gasteiger partial charge in [-0.05, 0) is 62.4 Å². The summed E-state index contributed by atoms with van der Waals surface area (Å²) in [5.41, 5.74) is 3.29. The van der Waals surface area contributed by atoms with Gasteiger partial charge in [-0.2, -0.15) is 0 Å². The molecule has 7 rings (SSSR count). The van der Waals surface area contributed by atoms with Gasteiger partial charge in [0.05, 0.1) is 36.7 Å². The number of nitrogens with one attached hydrogen (secondary N) is 1. The van der Waals surface area contributed by atoms with Gasteiger partial charge in [0.2, 0.25) is 5.72 Å². The molecule has 7 heterocycles. The number of morpholine rings is 1. The van der Waals surface area contributed by atoms with Crippen molar-refractivity contribution in [2.45, 2.75) is 55.3 Å². The third-order valence-electron chi connectivity index (χ3n) is 9.73. The smallest absolute Gasteiger partial charge is 0.210 e.